The van der Waals surface area contributed by atoms with Gasteiger partial charge in [-0.25, -0.2) is 0 Å². The quantitative estimate of drug-likeness (QED) is 0.519. The molecule has 1 atom stereocenters. The molecule has 1 rings (SSSR count). The molecule has 10 heavy (non-hydrogen) atoms. The third-order valence-corrected chi connectivity index (χ3v) is 1.94. The molecule has 0 aliphatic heterocycles. The van der Waals surface area contributed by atoms with Crippen molar-refractivity contribution in [2.24, 2.45) is 0 Å². The summed E-state index contributed by atoms with van der Waals surface area (Å²) in [6, 6.07) is 7.45. The lowest BCUT2D eigenvalue weighted by Gasteiger charge is -1.94. The molecule has 0 saturated heterocycles. The monoisotopic (exact) mass is 155 g/mol. The molecule has 0 radical (unpaired) electrons. The van der Waals surface area contributed by atoms with Crippen molar-refractivity contribution >= 4 is 14.1 Å². The largest absolute Gasteiger partial charge is 0.399 e. The molecular weight excluding hydrogens is 145 g/mol. The molecule has 0 aromatic heterocycles. The number of rotatable bonds is 2. The van der Waals surface area contributed by atoms with Crippen molar-refractivity contribution in [3.05, 3.63) is 29.8 Å². The summed E-state index contributed by atoms with van der Waals surface area (Å²) < 4.78 is 10.2. The first-order chi connectivity index (χ1) is 4.83. The van der Waals surface area contributed by atoms with Crippen molar-refractivity contribution in [2.75, 3.05) is 5.73 Å². The fourth-order valence-corrected chi connectivity index (χ4v) is 1.21. The number of hydrogen-bond acceptors (Lipinski definition) is 2. The van der Waals surface area contributed by atoms with Crippen LogP contribution in [0.2, 0.25) is 0 Å². The van der Waals surface area contributed by atoms with E-state index in [0.717, 1.165) is 11.3 Å². The highest BCUT2D eigenvalue weighted by Crippen LogP contribution is 2.10. The van der Waals surface area contributed by atoms with Crippen LogP contribution in [-0.2, 0) is 10.7 Å². The van der Waals surface area contributed by atoms with Gasteiger partial charge in [0.15, 0.2) is 0 Å². The predicted octanol–water partition coefficient (Wildman–Crippen LogP) is 1.53. The van der Waals surface area contributed by atoms with Crippen LogP contribution in [0.3, 0.4) is 0 Å². The Bertz CT molecular complexity index is 220. The maximum atomic E-state index is 10.2. The minimum Gasteiger partial charge on any atom is -0.399 e. The summed E-state index contributed by atoms with van der Waals surface area (Å²) in [5.41, 5.74) is 7.30. The van der Waals surface area contributed by atoms with Gasteiger partial charge >= 0.3 is 0 Å². The summed E-state index contributed by atoms with van der Waals surface area (Å²) in [7, 11) is -0.673. The first kappa shape index (κ1) is 7.36. The second-order valence-electron chi connectivity index (χ2n) is 2.11. The molecule has 0 heterocycles. The number of nitrogens with two attached hydrogens (primary N) is 1. The van der Waals surface area contributed by atoms with Gasteiger partial charge in [-0.2, -0.15) is 0 Å². The number of nitrogen functional groups attached to an aromatic ring is 1. The zero-order valence-electron chi connectivity index (χ0n) is 5.58. The van der Waals surface area contributed by atoms with E-state index < -0.39 is 8.46 Å². The van der Waals surface area contributed by atoms with Gasteiger partial charge < -0.3 is 10.3 Å². The molecule has 0 aliphatic rings. The van der Waals surface area contributed by atoms with Crippen molar-refractivity contribution in [3.8, 4) is 0 Å². The molecule has 54 valence electrons. The molecule has 0 aliphatic carbocycles. The average molecular weight is 155 g/mol. The van der Waals surface area contributed by atoms with Crippen molar-refractivity contribution in [1.29, 1.82) is 0 Å². The summed E-state index contributed by atoms with van der Waals surface area (Å²) in [4.78, 5) is 0. The van der Waals surface area contributed by atoms with E-state index in [2.05, 4.69) is 0 Å². The second kappa shape index (κ2) is 3.43. The van der Waals surface area contributed by atoms with E-state index in [1.807, 2.05) is 24.3 Å². The van der Waals surface area contributed by atoms with Crippen molar-refractivity contribution in [1.82, 2.24) is 0 Å². The zero-order valence-corrected chi connectivity index (χ0v) is 6.73. The normalized spacial score (nSPS) is 10.8. The summed E-state index contributed by atoms with van der Waals surface area (Å²) in [5.74, 6) is 0. The Balaban J connectivity index is 2.78. The Morgan fingerprint density at radius 3 is 2.40 bits per heavy atom. The highest BCUT2D eigenvalue weighted by molar-refractivity contribution is 7.22. The third-order valence-electron chi connectivity index (χ3n) is 1.30. The number of anilines is 1. The lowest BCUT2D eigenvalue weighted by molar-refractivity contribution is 0.598. The highest BCUT2D eigenvalue weighted by atomic mass is 31.1. The van der Waals surface area contributed by atoms with Crippen LogP contribution in [0, 0.1) is 0 Å². The van der Waals surface area contributed by atoms with Crippen LogP contribution in [0.1, 0.15) is 5.56 Å². The summed E-state index contributed by atoms with van der Waals surface area (Å²) >= 11 is 0. The molecule has 0 spiro atoms. The zero-order chi connectivity index (χ0) is 7.40. The SMILES string of the molecule is Nc1ccc(C[PH2]=O)cc1. The molecule has 3 heteroatoms. The van der Waals surface area contributed by atoms with Crippen LogP contribution in [0.15, 0.2) is 24.3 Å². The molecule has 2 nitrogen and oxygen atoms in total. The first-order valence-corrected chi connectivity index (χ1v) is 4.40. The third kappa shape index (κ3) is 1.89. The van der Waals surface area contributed by atoms with Gasteiger partial charge in [0.1, 0.15) is 0 Å². The number of benzene rings is 1. The summed E-state index contributed by atoms with van der Waals surface area (Å²) in [6.07, 6.45) is 0.681. The molecule has 0 saturated carbocycles. The maximum absolute atomic E-state index is 10.2. The van der Waals surface area contributed by atoms with E-state index in [1.165, 1.54) is 0 Å². The summed E-state index contributed by atoms with van der Waals surface area (Å²) in [5, 5.41) is 0. The Labute approximate surface area is 61.3 Å². The van der Waals surface area contributed by atoms with Crippen LogP contribution >= 0.6 is 8.46 Å². The van der Waals surface area contributed by atoms with Gasteiger partial charge in [0.25, 0.3) is 0 Å². The van der Waals surface area contributed by atoms with E-state index in [1.54, 1.807) is 0 Å². The Morgan fingerprint density at radius 2 is 1.90 bits per heavy atom. The van der Waals surface area contributed by atoms with E-state index in [0.29, 0.717) is 6.16 Å². The van der Waals surface area contributed by atoms with Crippen LogP contribution in [0.4, 0.5) is 5.69 Å². The Morgan fingerprint density at radius 1 is 1.30 bits per heavy atom. The first-order valence-electron chi connectivity index (χ1n) is 3.11. The van der Waals surface area contributed by atoms with Gasteiger partial charge in [0.05, 0.1) is 8.46 Å². The molecule has 0 fully saturated rings. The standard InChI is InChI=1S/C7H10NOP/c8-7-3-1-6(2-4-7)5-10-9/h1-4H,5,8,10H2. The Kier molecular flexibility index (Phi) is 2.52. The average Bonchev–Trinajstić information content (AvgIpc) is 1.95. The van der Waals surface area contributed by atoms with Gasteiger partial charge in [-0.15, -0.1) is 0 Å². The van der Waals surface area contributed by atoms with Crippen molar-refractivity contribution in [2.45, 2.75) is 6.16 Å². The van der Waals surface area contributed by atoms with Crippen LogP contribution in [0.25, 0.3) is 0 Å². The smallest absolute Gasteiger partial charge is 0.0687 e. The molecule has 1 aromatic rings. The van der Waals surface area contributed by atoms with Gasteiger partial charge in [-0.05, 0) is 17.7 Å². The van der Waals surface area contributed by atoms with Gasteiger partial charge in [0.2, 0.25) is 0 Å². The van der Waals surface area contributed by atoms with Crippen molar-refractivity contribution in [3.63, 3.8) is 0 Å². The van der Waals surface area contributed by atoms with Crippen molar-refractivity contribution < 1.29 is 4.57 Å². The fourth-order valence-electron chi connectivity index (χ4n) is 0.750. The Hall–Kier alpha value is -0.750. The number of hydrogen-bond donors (Lipinski definition) is 1. The van der Waals surface area contributed by atoms with Gasteiger partial charge in [0, 0.05) is 11.8 Å². The molecule has 0 amide bonds. The molecular formula is C7H10NOP. The van der Waals surface area contributed by atoms with Gasteiger partial charge in [-0.3, -0.25) is 0 Å². The van der Waals surface area contributed by atoms with E-state index >= 15 is 0 Å². The molecule has 0 bridgehead atoms. The lowest BCUT2D eigenvalue weighted by Crippen LogP contribution is -1.83. The van der Waals surface area contributed by atoms with E-state index in [9.17, 15) is 4.57 Å². The topological polar surface area (TPSA) is 43.1 Å². The minimum atomic E-state index is -0.673. The summed E-state index contributed by atoms with van der Waals surface area (Å²) in [6.45, 7) is 0. The van der Waals surface area contributed by atoms with Crippen LogP contribution in [-0.4, -0.2) is 0 Å². The van der Waals surface area contributed by atoms with E-state index in [-0.39, 0.29) is 0 Å². The van der Waals surface area contributed by atoms with Crippen LogP contribution < -0.4 is 5.73 Å². The molecule has 1 aromatic carbocycles. The highest BCUT2D eigenvalue weighted by Gasteiger charge is 1.88. The second-order valence-corrected chi connectivity index (χ2v) is 2.85. The minimum absolute atomic E-state index is 0.673. The van der Waals surface area contributed by atoms with Crippen LogP contribution in [0.5, 0.6) is 0 Å². The van der Waals surface area contributed by atoms with Gasteiger partial charge in [-0.1, -0.05) is 12.1 Å². The fraction of sp³-hybridized carbons (Fsp3) is 0.143. The lowest BCUT2D eigenvalue weighted by atomic mass is 10.2. The maximum Gasteiger partial charge on any atom is 0.0687 e. The molecule has 2 N–H and O–H groups in total. The molecule has 1 unspecified atom stereocenters. The predicted molar refractivity (Wildman–Crippen MR) is 45.0 cm³/mol. The van der Waals surface area contributed by atoms with E-state index in [4.69, 9.17) is 5.73 Å².